The van der Waals surface area contributed by atoms with Crippen molar-refractivity contribution in [1.29, 1.82) is 0 Å². The fourth-order valence-corrected chi connectivity index (χ4v) is 4.29. The van der Waals surface area contributed by atoms with E-state index < -0.39 is 11.0 Å². The van der Waals surface area contributed by atoms with E-state index in [1.165, 1.54) is 0 Å². The molecule has 0 radical (unpaired) electrons. The van der Waals surface area contributed by atoms with E-state index >= 15 is 0 Å². The lowest BCUT2D eigenvalue weighted by atomic mass is 10.2. The minimum absolute atomic E-state index is 0.187. The van der Waals surface area contributed by atoms with Gasteiger partial charge in [0.25, 0.3) is 0 Å². The molecule has 0 bridgehead atoms. The number of aryl methyl sites for hydroxylation is 1. The smallest absolute Gasteiger partial charge is 0.323 e. The lowest BCUT2D eigenvalue weighted by Gasteiger charge is -2.15. The molecule has 0 aliphatic carbocycles. The number of anilines is 1. The molecular formula is C18H14ClN3O2S. The third-order valence-electron chi connectivity index (χ3n) is 3.77. The molecule has 0 spiro atoms. The first-order valence-electron chi connectivity index (χ1n) is 7.65. The molecule has 0 saturated carbocycles. The highest BCUT2D eigenvalue weighted by molar-refractivity contribution is 7.86. The van der Waals surface area contributed by atoms with Gasteiger partial charge in [0.05, 0.1) is 11.4 Å². The van der Waals surface area contributed by atoms with Gasteiger partial charge in [0.2, 0.25) is 0 Å². The standard InChI is InChI=1S/C18H14ClN3O2S/c1-12-8-14(19)10-15(9-12)24-18-20-7-6-17(21-18)22-11-13-4-2-3-5-16(13)25(22)23/h2-10H,11H2,1H3. The van der Waals surface area contributed by atoms with Crippen molar-refractivity contribution in [3.05, 3.63) is 70.9 Å². The van der Waals surface area contributed by atoms with Gasteiger partial charge >= 0.3 is 6.01 Å². The highest BCUT2D eigenvalue weighted by Crippen LogP contribution is 2.31. The maximum Gasteiger partial charge on any atom is 0.323 e. The quantitative estimate of drug-likeness (QED) is 0.689. The number of hydrogen-bond acceptors (Lipinski definition) is 4. The van der Waals surface area contributed by atoms with Gasteiger partial charge in [-0.3, -0.25) is 4.31 Å². The van der Waals surface area contributed by atoms with Gasteiger partial charge in [0.1, 0.15) is 11.6 Å². The van der Waals surface area contributed by atoms with Crippen LogP contribution in [0.4, 0.5) is 5.82 Å². The minimum atomic E-state index is -1.28. The van der Waals surface area contributed by atoms with Crippen LogP contribution in [0, 0.1) is 6.92 Å². The van der Waals surface area contributed by atoms with E-state index in [0.29, 0.717) is 23.1 Å². The molecule has 1 aromatic heterocycles. The van der Waals surface area contributed by atoms with Gasteiger partial charge < -0.3 is 4.74 Å². The summed E-state index contributed by atoms with van der Waals surface area (Å²) in [6, 6.07) is 15.0. The Labute approximate surface area is 152 Å². The summed E-state index contributed by atoms with van der Waals surface area (Å²) in [5, 5.41) is 0.585. The molecule has 2 heterocycles. The van der Waals surface area contributed by atoms with Gasteiger partial charge in [-0.05, 0) is 42.3 Å². The van der Waals surface area contributed by atoms with Gasteiger partial charge in [-0.2, -0.15) is 4.98 Å². The fraction of sp³-hybridized carbons (Fsp3) is 0.111. The molecule has 7 heteroatoms. The minimum Gasteiger partial charge on any atom is -0.424 e. The van der Waals surface area contributed by atoms with Crippen LogP contribution in [0.15, 0.2) is 59.6 Å². The van der Waals surface area contributed by atoms with Crippen LogP contribution >= 0.6 is 11.6 Å². The molecule has 0 amide bonds. The predicted octanol–water partition coefficient (Wildman–Crippen LogP) is 4.27. The van der Waals surface area contributed by atoms with Crippen LogP contribution in [0.5, 0.6) is 11.8 Å². The summed E-state index contributed by atoms with van der Waals surface area (Å²) in [5.41, 5.74) is 2.02. The molecule has 1 aliphatic rings. The van der Waals surface area contributed by atoms with Crippen molar-refractivity contribution < 1.29 is 8.95 Å². The molecule has 1 unspecified atom stereocenters. The monoisotopic (exact) mass is 371 g/mol. The average molecular weight is 372 g/mol. The van der Waals surface area contributed by atoms with E-state index in [1.807, 2.05) is 43.3 Å². The van der Waals surface area contributed by atoms with E-state index in [2.05, 4.69) is 9.97 Å². The number of rotatable bonds is 3. The van der Waals surface area contributed by atoms with Crippen molar-refractivity contribution >= 4 is 28.4 Å². The van der Waals surface area contributed by atoms with Gasteiger partial charge in [-0.1, -0.05) is 29.8 Å². The van der Waals surface area contributed by atoms with Crippen LogP contribution in [0.25, 0.3) is 0 Å². The fourth-order valence-electron chi connectivity index (χ4n) is 2.69. The molecule has 2 aromatic carbocycles. The molecule has 0 N–H and O–H groups in total. The number of aromatic nitrogens is 2. The van der Waals surface area contributed by atoms with Crippen LogP contribution in [-0.4, -0.2) is 14.2 Å². The summed E-state index contributed by atoms with van der Waals surface area (Å²) in [6.45, 7) is 2.47. The van der Waals surface area contributed by atoms with Crippen LogP contribution in [-0.2, 0) is 17.5 Å². The summed E-state index contributed by atoms with van der Waals surface area (Å²) in [5.74, 6) is 1.12. The van der Waals surface area contributed by atoms with Gasteiger partial charge in [0, 0.05) is 17.3 Å². The van der Waals surface area contributed by atoms with E-state index in [1.54, 1.807) is 22.6 Å². The number of nitrogens with zero attached hydrogens (tertiary/aromatic N) is 3. The average Bonchev–Trinajstić information content (AvgIpc) is 2.92. The maximum absolute atomic E-state index is 12.7. The van der Waals surface area contributed by atoms with Crippen LogP contribution in [0.2, 0.25) is 5.02 Å². The highest BCUT2D eigenvalue weighted by atomic mass is 35.5. The van der Waals surface area contributed by atoms with E-state index in [9.17, 15) is 4.21 Å². The molecule has 0 saturated heterocycles. The largest absolute Gasteiger partial charge is 0.424 e. The van der Waals surface area contributed by atoms with Crippen LogP contribution < -0.4 is 9.04 Å². The SMILES string of the molecule is Cc1cc(Cl)cc(Oc2nccc(N3Cc4ccccc4S3=O)n2)c1. The lowest BCUT2D eigenvalue weighted by molar-refractivity contribution is 0.442. The molecule has 0 fully saturated rings. The molecule has 1 aliphatic heterocycles. The summed E-state index contributed by atoms with van der Waals surface area (Å²) in [4.78, 5) is 9.35. The second-order valence-electron chi connectivity index (χ2n) is 5.66. The maximum atomic E-state index is 12.7. The first kappa shape index (κ1) is 16.1. The zero-order valence-corrected chi connectivity index (χ0v) is 14.9. The summed E-state index contributed by atoms with van der Waals surface area (Å²) >= 11 is 6.05. The normalized spacial score (nSPS) is 15.9. The second-order valence-corrected chi connectivity index (χ2v) is 7.47. The Bertz CT molecular complexity index is 960. The van der Waals surface area contributed by atoms with Gasteiger partial charge in [-0.25, -0.2) is 9.19 Å². The van der Waals surface area contributed by atoms with Crippen molar-refractivity contribution in [1.82, 2.24) is 9.97 Å². The Balaban J connectivity index is 1.61. The van der Waals surface area contributed by atoms with Crippen molar-refractivity contribution in [2.45, 2.75) is 18.4 Å². The summed E-state index contributed by atoms with van der Waals surface area (Å²) in [7, 11) is -1.28. The van der Waals surface area contributed by atoms with Crippen LogP contribution in [0.3, 0.4) is 0 Å². The molecular weight excluding hydrogens is 358 g/mol. The van der Waals surface area contributed by atoms with E-state index in [4.69, 9.17) is 16.3 Å². The second kappa shape index (κ2) is 6.46. The van der Waals surface area contributed by atoms with Crippen molar-refractivity contribution in [2.24, 2.45) is 0 Å². The molecule has 25 heavy (non-hydrogen) atoms. The first-order chi connectivity index (χ1) is 12.1. The van der Waals surface area contributed by atoms with Crippen LogP contribution in [0.1, 0.15) is 11.1 Å². The zero-order chi connectivity index (χ0) is 17.4. The number of ether oxygens (including phenoxy) is 1. The van der Waals surface area contributed by atoms with Crippen molar-refractivity contribution in [3.8, 4) is 11.8 Å². The first-order valence-corrected chi connectivity index (χ1v) is 9.14. The third kappa shape index (κ3) is 3.23. The number of benzene rings is 2. The molecule has 4 rings (SSSR count). The van der Waals surface area contributed by atoms with Crippen molar-refractivity contribution in [2.75, 3.05) is 4.31 Å². The number of fused-ring (bicyclic) bond motifs is 1. The summed E-state index contributed by atoms with van der Waals surface area (Å²) in [6.07, 6.45) is 1.59. The lowest BCUT2D eigenvalue weighted by Crippen LogP contribution is -2.19. The van der Waals surface area contributed by atoms with E-state index in [0.717, 1.165) is 16.0 Å². The molecule has 3 aromatic rings. The Morgan fingerprint density at radius 1 is 1.20 bits per heavy atom. The molecule has 1 atom stereocenters. The Hall–Kier alpha value is -2.44. The number of hydrogen-bond donors (Lipinski definition) is 0. The molecule has 5 nitrogen and oxygen atoms in total. The highest BCUT2D eigenvalue weighted by Gasteiger charge is 2.28. The van der Waals surface area contributed by atoms with Gasteiger partial charge in [-0.15, -0.1) is 0 Å². The topological polar surface area (TPSA) is 55.3 Å². The zero-order valence-electron chi connectivity index (χ0n) is 13.3. The van der Waals surface area contributed by atoms with E-state index in [-0.39, 0.29) is 6.01 Å². The van der Waals surface area contributed by atoms with Gasteiger partial charge in [0.15, 0.2) is 11.0 Å². The Morgan fingerprint density at radius 2 is 2.04 bits per heavy atom. The molecule has 126 valence electrons. The number of halogens is 1. The predicted molar refractivity (Wildman–Crippen MR) is 97.3 cm³/mol. The Kier molecular flexibility index (Phi) is 4.15. The third-order valence-corrected chi connectivity index (χ3v) is 5.48. The van der Waals surface area contributed by atoms with Crippen molar-refractivity contribution in [3.63, 3.8) is 0 Å². The summed E-state index contributed by atoms with van der Waals surface area (Å²) < 4.78 is 20.1. The Morgan fingerprint density at radius 3 is 2.84 bits per heavy atom.